The summed E-state index contributed by atoms with van der Waals surface area (Å²) in [5.74, 6) is 0.334. The molecule has 0 saturated heterocycles. The van der Waals surface area contributed by atoms with Gasteiger partial charge in [-0.25, -0.2) is 0 Å². The Labute approximate surface area is 171 Å². The molecule has 160 valence electrons. The van der Waals surface area contributed by atoms with Crippen LogP contribution in [-0.2, 0) is 9.59 Å². The molecule has 2 rings (SSSR count). The maximum atomic E-state index is 12.6. The third kappa shape index (κ3) is 6.66. The Hall–Kier alpha value is -2.77. The van der Waals surface area contributed by atoms with Gasteiger partial charge in [0.05, 0.1) is 19.2 Å². The number of methoxy groups -OCH3 is 1. The van der Waals surface area contributed by atoms with Gasteiger partial charge in [-0.3, -0.25) is 14.4 Å². The summed E-state index contributed by atoms with van der Waals surface area (Å²) in [6.07, 6.45) is 1.88. The van der Waals surface area contributed by atoms with E-state index in [9.17, 15) is 14.4 Å². The zero-order valence-corrected chi connectivity index (χ0v) is 17.6. The highest BCUT2D eigenvalue weighted by molar-refractivity contribution is 5.97. The third-order valence-corrected chi connectivity index (χ3v) is 4.60. The lowest BCUT2D eigenvalue weighted by Crippen LogP contribution is -2.50. The number of ether oxygens (including phenoxy) is 2. The van der Waals surface area contributed by atoms with E-state index in [1.807, 2.05) is 0 Å². The second-order valence-corrected chi connectivity index (χ2v) is 8.03. The number of benzene rings is 1. The van der Waals surface area contributed by atoms with Crippen LogP contribution in [0.2, 0.25) is 0 Å². The van der Waals surface area contributed by atoms with Gasteiger partial charge in [-0.1, -0.05) is 20.8 Å². The number of carbonyl (C=O) groups is 3. The molecule has 8 heteroatoms. The average Bonchev–Trinajstić information content (AvgIpc) is 2.68. The maximum Gasteiger partial charge on any atom is 0.255 e. The fourth-order valence-electron chi connectivity index (χ4n) is 2.81. The molecule has 0 aromatic heterocycles. The van der Waals surface area contributed by atoms with E-state index in [-0.39, 0.29) is 30.9 Å². The largest absolute Gasteiger partial charge is 0.497 e. The van der Waals surface area contributed by atoms with Gasteiger partial charge in [0.15, 0.2) is 0 Å². The Morgan fingerprint density at radius 1 is 1.17 bits per heavy atom. The average molecular weight is 405 g/mol. The van der Waals surface area contributed by atoms with Crippen molar-refractivity contribution in [3.63, 3.8) is 0 Å². The Morgan fingerprint density at radius 3 is 2.62 bits per heavy atom. The Morgan fingerprint density at radius 2 is 1.93 bits per heavy atom. The normalized spacial score (nSPS) is 19.0. The summed E-state index contributed by atoms with van der Waals surface area (Å²) >= 11 is 0. The molecule has 3 amide bonds. The number of hydrogen-bond acceptors (Lipinski definition) is 5. The summed E-state index contributed by atoms with van der Waals surface area (Å²) in [6.45, 7) is 6.30. The van der Waals surface area contributed by atoms with E-state index in [1.165, 1.54) is 7.11 Å². The lowest BCUT2D eigenvalue weighted by molar-refractivity contribution is -0.133. The van der Waals surface area contributed by atoms with Crippen molar-refractivity contribution in [1.82, 2.24) is 16.0 Å². The minimum atomic E-state index is -0.618. The topological polar surface area (TPSA) is 106 Å². The van der Waals surface area contributed by atoms with Crippen LogP contribution in [0.1, 0.15) is 50.4 Å². The molecular formula is C21H31N3O5. The van der Waals surface area contributed by atoms with Crippen LogP contribution < -0.4 is 25.4 Å². The molecule has 0 radical (unpaired) electrons. The molecule has 0 saturated carbocycles. The second-order valence-electron chi connectivity index (χ2n) is 8.03. The van der Waals surface area contributed by atoms with Gasteiger partial charge in [0.1, 0.15) is 24.1 Å². The first-order valence-electron chi connectivity index (χ1n) is 9.90. The summed E-state index contributed by atoms with van der Waals surface area (Å²) in [7, 11) is 1.54. The van der Waals surface area contributed by atoms with Gasteiger partial charge in [-0.2, -0.15) is 0 Å². The number of amides is 3. The molecule has 0 spiro atoms. The highest BCUT2D eigenvalue weighted by Crippen LogP contribution is 2.25. The first-order valence-corrected chi connectivity index (χ1v) is 9.90. The van der Waals surface area contributed by atoms with Crippen LogP contribution in [0.5, 0.6) is 11.5 Å². The molecule has 29 heavy (non-hydrogen) atoms. The van der Waals surface area contributed by atoms with Crippen molar-refractivity contribution >= 4 is 17.7 Å². The first kappa shape index (κ1) is 22.5. The van der Waals surface area contributed by atoms with Crippen molar-refractivity contribution in [2.75, 3.05) is 26.8 Å². The molecule has 1 aliphatic heterocycles. The zero-order chi connectivity index (χ0) is 21.4. The highest BCUT2D eigenvalue weighted by Gasteiger charge is 2.27. The van der Waals surface area contributed by atoms with Crippen molar-refractivity contribution in [2.45, 2.75) is 46.1 Å². The van der Waals surface area contributed by atoms with Crippen molar-refractivity contribution in [3.8, 4) is 11.5 Å². The lowest BCUT2D eigenvalue weighted by atomic mass is 9.94. The van der Waals surface area contributed by atoms with Crippen LogP contribution >= 0.6 is 0 Å². The van der Waals surface area contributed by atoms with Crippen molar-refractivity contribution in [3.05, 3.63) is 23.8 Å². The van der Waals surface area contributed by atoms with E-state index in [1.54, 1.807) is 39.0 Å². The Kier molecular flexibility index (Phi) is 7.87. The zero-order valence-electron chi connectivity index (χ0n) is 17.6. The molecule has 1 aliphatic rings. The van der Waals surface area contributed by atoms with E-state index in [0.29, 0.717) is 42.9 Å². The SMILES string of the molecule is COc1ccc2c(c1)OCCNC(=O)[C@@H](NC(=O)C(C)(C)C)CCCCNC2=O. The van der Waals surface area contributed by atoms with Gasteiger partial charge >= 0.3 is 0 Å². The quantitative estimate of drug-likeness (QED) is 0.694. The molecule has 0 aliphatic carbocycles. The van der Waals surface area contributed by atoms with Crippen LogP contribution in [0, 0.1) is 5.41 Å². The fraction of sp³-hybridized carbons (Fsp3) is 0.571. The minimum Gasteiger partial charge on any atom is -0.497 e. The summed E-state index contributed by atoms with van der Waals surface area (Å²) in [5, 5.41) is 8.51. The summed E-state index contributed by atoms with van der Waals surface area (Å²) in [4.78, 5) is 37.4. The van der Waals surface area contributed by atoms with Crippen molar-refractivity contribution in [1.29, 1.82) is 0 Å². The lowest BCUT2D eigenvalue weighted by Gasteiger charge is -2.24. The third-order valence-electron chi connectivity index (χ3n) is 4.60. The van der Waals surface area contributed by atoms with Crippen LogP contribution in [0.15, 0.2) is 18.2 Å². The van der Waals surface area contributed by atoms with Gasteiger partial charge < -0.3 is 25.4 Å². The van der Waals surface area contributed by atoms with Gasteiger partial charge in [0.25, 0.3) is 5.91 Å². The standard InChI is InChI=1S/C21H31N3O5/c1-21(2,3)20(27)24-16-7-5-6-10-22-18(25)15-9-8-14(28-4)13-17(15)29-12-11-23-19(16)26/h8-9,13,16H,5-7,10-12H2,1-4H3,(H,22,25)(H,23,26)(H,24,27)/t16-/m0/s1. The molecule has 1 heterocycles. The van der Waals surface area contributed by atoms with Crippen LogP contribution in [-0.4, -0.2) is 50.6 Å². The predicted octanol–water partition coefficient (Wildman–Crippen LogP) is 1.63. The summed E-state index contributed by atoms with van der Waals surface area (Å²) in [6, 6.07) is 4.39. The van der Waals surface area contributed by atoms with E-state index < -0.39 is 11.5 Å². The summed E-state index contributed by atoms with van der Waals surface area (Å²) in [5.41, 5.74) is -0.163. The van der Waals surface area contributed by atoms with E-state index in [0.717, 1.165) is 0 Å². The van der Waals surface area contributed by atoms with Crippen LogP contribution in [0.3, 0.4) is 0 Å². The van der Waals surface area contributed by atoms with Crippen LogP contribution in [0.25, 0.3) is 0 Å². The number of nitrogens with one attached hydrogen (secondary N) is 3. The van der Waals surface area contributed by atoms with Crippen molar-refractivity contribution in [2.24, 2.45) is 5.41 Å². The number of carbonyl (C=O) groups excluding carboxylic acids is 3. The van der Waals surface area contributed by atoms with Gasteiger partial charge in [0.2, 0.25) is 11.8 Å². The molecule has 0 fully saturated rings. The highest BCUT2D eigenvalue weighted by atomic mass is 16.5. The smallest absolute Gasteiger partial charge is 0.255 e. The maximum absolute atomic E-state index is 12.6. The molecular weight excluding hydrogens is 374 g/mol. The molecule has 3 N–H and O–H groups in total. The first-order chi connectivity index (χ1) is 13.7. The second kappa shape index (κ2) is 10.1. The number of hydrogen-bond donors (Lipinski definition) is 3. The van der Waals surface area contributed by atoms with E-state index in [4.69, 9.17) is 9.47 Å². The summed E-state index contributed by atoms with van der Waals surface area (Å²) < 4.78 is 10.9. The monoisotopic (exact) mass is 405 g/mol. The Bertz CT molecular complexity index is 742. The fourth-order valence-corrected chi connectivity index (χ4v) is 2.81. The molecule has 0 unspecified atom stereocenters. The van der Waals surface area contributed by atoms with Gasteiger partial charge in [0, 0.05) is 18.0 Å². The molecule has 1 aromatic carbocycles. The van der Waals surface area contributed by atoms with Crippen LogP contribution in [0.4, 0.5) is 0 Å². The van der Waals surface area contributed by atoms with E-state index >= 15 is 0 Å². The van der Waals surface area contributed by atoms with E-state index in [2.05, 4.69) is 16.0 Å². The number of fused-ring (bicyclic) bond motifs is 1. The Balaban J connectivity index is 2.10. The molecule has 1 aromatic rings. The molecule has 1 atom stereocenters. The number of rotatable bonds is 2. The van der Waals surface area contributed by atoms with Crippen molar-refractivity contribution < 1.29 is 23.9 Å². The minimum absolute atomic E-state index is 0.177. The van der Waals surface area contributed by atoms with Gasteiger partial charge in [-0.05, 0) is 31.4 Å². The molecule has 8 nitrogen and oxygen atoms in total. The van der Waals surface area contributed by atoms with Gasteiger partial charge in [-0.15, -0.1) is 0 Å². The molecule has 0 bridgehead atoms. The predicted molar refractivity (Wildman–Crippen MR) is 109 cm³/mol.